The van der Waals surface area contributed by atoms with Crippen LogP contribution in [0.4, 0.5) is 0 Å². The van der Waals surface area contributed by atoms with E-state index in [4.69, 9.17) is 5.73 Å². The van der Waals surface area contributed by atoms with Crippen LogP contribution in [0, 0.1) is 5.92 Å². The van der Waals surface area contributed by atoms with Crippen LogP contribution >= 0.6 is 0 Å². The Balaban J connectivity index is 3.60. The van der Waals surface area contributed by atoms with Gasteiger partial charge in [0, 0.05) is 0 Å². The lowest BCUT2D eigenvalue weighted by atomic mass is 9.90. The normalized spacial score (nSPS) is 11.3. The molecule has 104 valence electrons. The highest BCUT2D eigenvalue weighted by atomic mass is 14.5. The molecule has 0 atom stereocenters. The van der Waals surface area contributed by atoms with Gasteiger partial charge >= 0.3 is 0 Å². The van der Waals surface area contributed by atoms with Crippen molar-refractivity contribution in [1.29, 1.82) is 0 Å². The van der Waals surface area contributed by atoms with Crippen molar-refractivity contribution in [3.8, 4) is 0 Å². The SMILES string of the molecule is CCCCCC(CCCCC)CCCCCN. The molecule has 0 radical (unpaired) electrons. The van der Waals surface area contributed by atoms with Crippen LogP contribution in [0.25, 0.3) is 0 Å². The molecular weight excluding hydrogens is 206 g/mol. The van der Waals surface area contributed by atoms with Crippen molar-refractivity contribution in [2.45, 2.75) is 90.9 Å². The van der Waals surface area contributed by atoms with E-state index >= 15 is 0 Å². The minimum atomic E-state index is 0.871. The highest BCUT2D eigenvalue weighted by Gasteiger charge is 2.07. The Morgan fingerprint density at radius 1 is 0.647 bits per heavy atom. The molecule has 0 aromatic carbocycles. The molecule has 17 heavy (non-hydrogen) atoms. The van der Waals surface area contributed by atoms with Crippen LogP contribution in [0.5, 0.6) is 0 Å². The summed E-state index contributed by atoms with van der Waals surface area (Å²) in [6.45, 7) is 5.47. The summed E-state index contributed by atoms with van der Waals surface area (Å²) < 4.78 is 0. The van der Waals surface area contributed by atoms with Crippen molar-refractivity contribution >= 4 is 0 Å². The Morgan fingerprint density at radius 3 is 1.53 bits per heavy atom. The van der Waals surface area contributed by atoms with Gasteiger partial charge in [-0.25, -0.2) is 0 Å². The zero-order chi connectivity index (χ0) is 12.8. The average Bonchev–Trinajstić information content (AvgIpc) is 2.34. The van der Waals surface area contributed by atoms with Crippen molar-refractivity contribution in [3.63, 3.8) is 0 Å². The zero-order valence-corrected chi connectivity index (χ0v) is 12.3. The number of hydrogen-bond acceptors (Lipinski definition) is 1. The van der Waals surface area contributed by atoms with Gasteiger partial charge in [0.25, 0.3) is 0 Å². The maximum atomic E-state index is 5.54. The fraction of sp³-hybridized carbons (Fsp3) is 1.00. The highest BCUT2D eigenvalue weighted by Crippen LogP contribution is 2.23. The third kappa shape index (κ3) is 12.2. The minimum Gasteiger partial charge on any atom is -0.330 e. The Kier molecular flexibility index (Phi) is 14.0. The Morgan fingerprint density at radius 2 is 1.12 bits per heavy atom. The van der Waals surface area contributed by atoms with E-state index in [1.165, 1.54) is 77.0 Å². The smallest absolute Gasteiger partial charge is 0.00773 e. The molecule has 0 rings (SSSR count). The van der Waals surface area contributed by atoms with Gasteiger partial charge in [-0.3, -0.25) is 0 Å². The molecule has 1 heteroatoms. The molecule has 0 saturated carbocycles. The maximum absolute atomic E-state index is 5.54. The average molecular weight is 241 g/mol. The lowest BCUT2D eigenvalue weighted by Crippen LogP contribution is -2.03. The molecule has 0 heterocycles. The first-order valence-electron chi connectivity index (χ1n) is 8.05. The van der Waals surface area contributed by atoms with E-state index < -0.39 is 0 Å². The molecule has 0 aliphatic carbocycles. The van der Waals surface area contributed by atoms with Crippen LogP contribution in [-0.4, -0.2) is 6.54 Å². The van der Waals surface area contributed by atoms with Crippen molar-refractivity contribution in [2.75, 3.05) is 6.54 Å². The molecule has 0 fully saturated rings. The lowest BCUT2D eigenvalue weighted by Gasteiger charge is -2.16. The Labute approximate surface area is 110 Å². The summed E-state index contributed by atoms with van der Waals surface area (Å²) in [5.41, 5.74) is 5.54. The molecule has 0 aromatic heterocycles. The van der Waals surface area contributed by atoms with Gasteiger partial charge in [0.2, 0.25) is 0 Å². The monoisotopic (exact) mass is 241 g/mol. The summed E-state index contributed by atoms with van der Waals surface area (Å²) in [7, 11) is 0. The van der Waals surface area contributed by atoms with E-state index in [0.717, 1.165) is 12.5 Å². The van der Waals surface area contributed by atoms with Gasteiger partial charge in [0.1, 0.15) is 0 Å². The number of unbranched alkanes of at least 4 members (excludes halogenated alkanes) is 6. The van der Waals surface area contributed by atoms with Gasteiger partial charge in [-0.2, -0.15) is 0 Å². The molecule has 0 saturated heterocycles. The molecule has 2 N–H and O–H groups in total. The largest absolute Gasteiger partial charge is 0.330 e. The van der Waals surface area contributed by atoms with Gasteiger partial charge < -0.3 is 5.73 Å². The molecule has 0 aromatic rings. The van der Waals surface area contributed by atoms with E-state index in [1.807, 2.05) is 0 Å². The second kappa shape index (κ2) is 14.0. The first kappa shape index (κ1) is 17.0. The first-order chi connectivity index (χ1) is 8.35. The summed E-state index contributed by atoms with van der Waals surface area (Å²) >= 11 is 0. The predicted molar refractivity (Wildman–Crippen MR) is 79.3 cm³/mol. The maximum Gasteiger partial charge on any atom is -0.00773 e. The molecule has 0 spiro atoms. The summed E-state index contributed by atoms with van der Waals surface area (Å²) in [5.74, 6) is 1.01. The lowest BCUT2D eigenvalue weighted by molar-refractivity contribution is 0.372. The van der Waals surface area contributed by atoms with Crippen molar-refractivity contribution in [3.05, 3.63) is 0 Å². The zero-order valence-electron chi connectivity index (χ0n) is 12.3. The van der Waals surface area contributed by atoms with Crippen molar-refractivity contribution < 1.29 is 0 Å². The van der Waals surface area contributed by atoms with Crippen LogP contribution in [0.3, 0.4) is 0 Å². The van der Waals surface area contributed by atoms with Gasteiger partial charge in [0.15, 0.2) is 0 Å². The Hall–Kier alpha value is -0.0400. The van der Waals surface area contributed by atoms with Crippen LogP contribution in [-0.2, 0) is 0 Å². The van der Waals surface area contributed by atoms with Gasteiger partial charge in [0.05, 0.1) is 0 Å². The molecule has 0 amide bonds. The summed E-state index contributed by atoms with van der Waals surface area (Å²) in [5, 5.41) is 0. The Bertz CT molecular complexity index is 123. The van der Waals surface area contributed by atoms with Crippen LogP contribution in [0.2, 0.25) is 0 Å². The van der Waals surface area contributed by atoms with E-state index in [1.54, 1.807) is 0 Å². The van der Waals surface area contributed by atoms with Gasteiger partial charge in [-0.05, 0) is 18.9 Å². The van der Waals surface area contributed by atoms with Crippen LogP contribution < -0.4 is 5.73 Å². The first-order valence-corrected chi connectivity index (χ1v) is 8.05. The van der Waals surface area contributed by atoms with Gasteiger partial charge in [-0.1, -0.05) is 84.5 Å². The number of rotatable bonds is 13. The fourth-order valence-electron chi connectivity index (χ4n) is 2.55. The second-order valence-corrected chi connectivity index (χ2v) is 5.50. The minimum absolute atomic E-state index is 0.871. The topological polar surface area (TPSA) is 26.0 Å². The summed E-state index contributed by atoms with van der Waals surface area (Å²) in [6, 6.07) is 0. The number of hydrogen-bond donors (Lipinski definition) is 1. The van der Waals surface area contributed by atoms with Crippen LogP contribution in [0.15, 0.2) is 0 Å². The molecule has 0 aliphatic heterocycles. The van der Waals surface area contributed by atoms with Crippen molar-refractivity contribution in [1.82, 2.24) is 0 Å². The third-order valence-electron chi connectivity index (χ3n) is 3.75. The van der Waals surface area contributed by atoms with E-state index in [2.05, 4.69) is 13.8 Å². The molecule has 0 unspecified atom stereocenters. The highest BCUT2D eigenvalue weighted by molar-refractivity contribution is 4.61. The molecular formula is C16H35N. The predicted octanol–water partition coefficient (Wildman–Crippen LogP) is 5.28. The summed E-state index contributed by atoms with van der Waals surface area (Å²) in [6.07, 6.45) is 16.8. The van der Waals surface area contributed by atoms with E-state index in [9.17, 15) is 0 Å². The van der Waals surface area contributed by atoms with E-state index in [0.29, 0.717) is 0 Å². The second-order valence-electron chi connectivity index (χ2n) is 5.50. The number of nitrogens with two attached hydrogens (primary N) is 1. The van der Waals surface area contributed by atoms with Gasteiger partial charge in [-0.15, -0.1) is 0 Å². The molecule has 0 bridgehead atoms. The fourth-order valence-corrected chi connectivity index (χ4v) is 2.55. The summed E-state index contributed by atoms with van der Waals surface area (Å²) in [4.78, 5) is 0. The van der Waals surface area contributed by atoms with Crippen molar-refractivity contribution in [2.24, 2.45) is 11.7 Å². The quantitative estimate of drug-likeness (QED) is 0.436. The molecule has 1 nitrogen and oxygen atoms in total. The molecule has 0 aliphatic rings. The standard InChI is InChI=1S/C16H35N/c1-3-5-8-12-16(13-9-6-4-2)14-10-7-11-15-17/h16H,3-15,17H2,1-2H3. The third-order valence-corrected chi connectivity index (χ3v) is 3.75. The van der Waals surface area contributed by atoms with Crippen LogP contribution in [0.1, 0.15) is 90.9 Å². The van der Waals surface area contributed by atoms with E-state index in [-0.39, 0.29) is 0 Å².